The summed E-state index contributed by atoms with van der Waals surface area (Å²) in [6.07, 6.45) is -1.27. The van der Waals surface area contributed by atoms with Gasteiger partial charge in [0, 0.05) is 24.1 Å². The lowest BCUT2D eigenvalue weighted by atomic mass is 9.78. The first-order valence-electron chi connectivity index (χ1n) is 13.5. The maximum Gasteiger partial charge on any atom is 0.416 e. The van der Waals surface area contributed by atoms with Crippen LogP contribution in [0.1, 0.15) is 74.1 Å². The molecule has 5 rings (SSSR count). The summed E-state index contributed by atoms with van der Waals surface area (Å²) in [7, 11) is 0. The molecule has 0 spiro atoms. The van der Waals surface area contributed by atoms with Crippen molar-refractivity contribution in [2.24, 2.45) is 0 Å². The van der Waals surface area contributed by atoms with E-state index in [0.717, 1.165) is 30.5 Å². The summed E-state index contributed by atoms with van der Waals surface area (Å²) in [6.45, 7) is 2.04. The monoisotopic (exact) mass is 550 g/mol. The van der Waals surface area contributed by atoms with Crippen LogP contribution in [0.5, 0.6) is 0 Å². The molecular weight excluding hydrogens is 520 g/mol. The van der Waals surface area contributed by atoms with Crippen LogP contribution in [-0.4, -0.2) is 11.7 Å². The third-order valence-corrected chi connectivity index (χ3v) is 7.65. The molecule has 0 bridgehead atoms. The van der Waals surface area contributed by atoms with Crippen LogP contribution in [0.4, 0.5) is 28.9 Å². The normalized spacial score (nSPS) is 19.0. The van der Waals surface area contributed by atoms with E-state index >= 15 is 0 Å². The third kappa shape index (κ3) is 5.53. The van der Waals surface area contributed by atoms with Gasteiger partial charge in [0.2, 0.25) is 5.91 Å². The van der Waals surface area contributed by atoms with Gasteiger partial charge in [-0.15, -0.1) is 0 Å². The van der Waals surface area contributed by atoms with Crippen molar-refractivity contribution in [2.45, 2.75) is 63.6 Å². The highest BCUT2D eigenvalue weighted by atomic mass is 19.4. The van der Waals surface area contributed by atoms with E-state index in [1.807, 2.05) is 19.1 Å². The Morgan fingerprint density at radius 2 is 1.60 bits per heavy atom. The highest BCUT2D eigenvalue weighted by Crippen LogP contribution is 2.48. The predicted molar refractivity (Wildman–Crippen MR) is 146 cm³/mol. The SMILES string of the molecule is CCCCCC(=O)N1c2ccccc2NC2=C(C(=O)CC(c3ccc(F)cc3)C2)C1c1ccc(C(F)(F)F)cc1. The molecule has 4 nitrogen and oxygen atoms in total. The number of nitrogens with zero attached hydrogens (tertiary/aromatic N) is 1. The molecule has 1 amide bonds. The van der Waals surface area contributed by atoms with Gasteiger partial charge in [0.05, 0.1) is 23.0 Å². The number of anilines is 2. The van der Waals surface area contributed by atoms with Crippen LogP contribution >= 0.6 is 0 Å². The number of amides is 1. The number of ketones is 1. The largest absolute Gasteiger partial charge is 0.416 e. The van der Waals surface area contributed by atoms with Crippen molar-refractivity contribution in [3.05, 3.63) is 107 Å². The van der Waals surface area contributed by atoms with Crippen molar-refractivity contribution in [2.75, 3.05) is 10.2 Å². The molecule has 1 aliphatic carbocycles. The molecule has 0 radical (unpaired) electrons. The van der Waals surface area contributed by atoms with Crippen LogP contribution < -0.4 is 10.2 Å². The molecule has 8 heteroatoms. The molecule has 0 saturated heterocycles. The number of unbranched alkanes of at least 4 members (excludes halogenated alkanes) is 2. The third-order valence-electron chi connectivity index (χ3n) is 7.65. The lowest BCUT2D eigenvalue weighted by Gasteiger charge is -2.35. The molecule has 3 aromatic rings. The lowest BCUT2D eigenvalue weighted by molar-refractivity contribution is -0.137. The smallest absolute Gasteiger partial charge is 0.357 e. The standard InChI is InChI=1S/C32H30F4N2O2/c1-2-3-4-9-29(40)38-27-8-6-5-7-25(27)37-26-18-22(20-12-16-24(33)17-13-20)19-28(39)30(26)31(38)21-10-14-23(15-11-21)32(34,35)36/h5-8,10-17,22,31,37H,2-4,9,18-19H2,1H3. The molecule has 208 valence electrons. The lowest BCUT2D eigenvalue weighted by Crippen LogP contribution is -2.38. The van der Waals surface area contributed by atoms with E-state index in [2.05, 4.69) is 5.32 Å². The molecule has 0 saturated carbocycles. The molecule has 2 atom stereocenters. The minimum Gasteiger partial charge on any atom is -0.357 e. The van der Waals surface area contributed by atoms with Crippen LogP contribution in [0.3, 0.4) is 0 Å². The number of hydrogen-bond donors (Lipinski definition) is 1. The van der Waals surface area contributed by atoms with E-state index in [0.29, 0.717) is 41.1 Å². The van der Waals surface area contributed by atoms with Gasteiger partial charge in [0.1, 0.15) is 5.82 Å². The second-order valence-corrected chi connectivity index (χ2v) is 10.4. The van der Waals surface area contributed by atoms with Crippen molar-refractivity contribution in [1.29, 1.82) is 0 Å². The van der Waals surface area contributed by atoms with Crippen molar-refractivity contribution < 1.29 is 27.2 Å². The number of nitrogens with one attached hydrogen (secondary N) is 1. The molecular formula is C32H30F4N2O2. The minimum absolute atomic E-state index is 0.136. The Balaban J connectivity index is 1.66. The summed E-state index contributed by atoms with van der Waals surface area (Å²) < 4.78 is 53.8. The summed E-state index contributed by atoms with van der Waals surface area (Å²) in [5.41, 5.74) is 2.64. The van der Waals surface area contributed by atoms with E-state index in [4.69, 9.17) is 0 Å². The number of halogens is 4. The van der Waals surface area contributed by atoms with Gasteiger partial charge in [-0.2, -0.15) is 13.2 Å². The van der Waals surface area contributed by atoms with Gasteiger partial charge in [0.25, 0.3) is 0 Å². The summed E-state index contributed by atoms with van der Waals surface area (Å²) in [5, 5.41) is 3.40. The molecule has 0 fully saturated rings. The van der Waals surface area contributed by atoms with Gasteiger partial charge in [-0.05, 0) is 66.3 Å². The Bertz CT molecular complexity index is 1430. The number of carbonyl (C=O) groups excluding carboxylic acids is 2. The molecule has 0 aromatic heterocycles. The molecule has 2 unspecified atom stereocenters. The number of alkyl halides is 3. The number of fused-ring (bicyclic) bond motifs is 1. The second kappa shape index (κ2) is 11.3. The van der Waals surface area contributed by atoms with E-state index in [1.54, 1.807) is 29.2 Å². The van der Waals surface area contributed by atoms with Crippen molar-refractivity contribution in [1.82, 2.24) is 0 Å². The van der Waals surface area contributed by atoms with Gasteiger partial charge in [0.15, 0.2) is 5.78 Å². The average Bonchev–Trinajstić information content (AvgIpc) is 3.08. The number of Topliss-reactive ketones (excluding diaryl/α,β-unsaturated/α-hetero) is 1. The van der Waals surface area contributed by atoms with Crippen molar-refractivity contribution in [3.8, 4) is 0 Å². The number of rotatable bonds is 6. The van der Waals surface area contributed by atoms with Gasteiger partial charge >= 0.3 is 6.18 Å². The maximum absolute atomic E-state index is 13.9. The van der Waals surface area contributed by atoms with Gasteiger partial charge in [-0.3, -0.25) is 14.5 Å². The highest BCUT2D eigenvalue weighted by molar-refractivity contribution is 6.06. The zero-order valence-electron chi connectivity index (χ0n) is 22.1. The van der Waals surface area contributed by atoms with Crippen LogP contribution in [0.15, 0.2) is 84.1 Å². The quantitative estimate of drug-likeness (QED) is 0.248. The Morgan fingerprint density at radius 3 is 2.27 bits per heavy atom. The van der Waals surface area contributed by atoms with E-state index in [-0.39, 0.29) is 36.3 Å². The molecule has 40 heavy (non-hydrogen) atoms. The fourth-order valence-corrected chi connectivity index (χ4v) is 5.65. The molecule has 1 N–H and O–H groups in total. The van der Waals surface area contributed by atoms with Crippen LogP contribution in [0, 0.1) is 5.82 Å². The summed E-state index contributed by atoms with van der Waals surface area (Å²) in [6, 6.07) is 17.1. The maximum atomic E-state index is 13.9. The topological polar surface area (TPSA) is 49.4 Å². The first kappa shape index (κ1) is 27.6. The Kier molecular flexibility index (Phi) is 7.79. The van der Waals surface area contributed by atoms with Crippen LogP contribution in [-0.2, 0) is 15.8 Å². The van der Waals surface area contributed by atoms with E-state index < -0.39 is 17.8 Å². The molecule has 1 heterocycles. The second-order valence-electron chi connectivity index (χ2n) is 10.4. The zero-order valence-corrected chi connectivity index (χ0v) is 22.1. The van der Waals surface area contributed by atoms with Crippen molar-refractivity contribution >= 4 is 23.1 Å². The number of para-hydroxylation sites is 2. The molecule has 2 aliphatic rings. The fourth-order valence-electron chi connectivity index (χ4n) is 5.65. The fraction of sp³-hybridized carbons (Fsp3) is 0.312. The molecule has 1 aliphatic heterocycles. The highest BCUT2D eigenvalue weighted by Gasteiger charge is 2.42. The number of allylic oxidation sites excluding steroid dienone is 1. The summed E-state index contributed by atoms with van der Waals surface area (Å²) >= 11 is 0. The first-order chi connectivity index (χ1) is 19.2. The first-order valence-corrected chi connectivity index (χ1v) is 13.5. The van der Waals surface area contributed by atoms with Crippen molar-refractivity contribution in [3.63, 3.8) is 0 Å². The van der Waals surface area contributed by atoms with E-state index in [9.17, 15) is 27.2 Å². The predicted octanol–water partition coefficient (Wildman–Crippen LogP) is 8.33. The van der Waals surface area contributed by atoms with Gasteiger partial charge < -0.3 is 5.32 Å². The summed E-state index contributed by atoms with van der Waals surface area (Å²) in [5.74, 6) is -0.986. The molecule has 3 aromatic carbocycles. The van der Waals surface area contributed by atoms with E-state index in [1.165, 1.54) is 24.3 Å². The average molecular weight is 551 g/mol. The summed E-state index contributed by atoms with van der Waals surface area (Å²) in [4.78, 5) is 29.4. The number of hydrogen-bond acceptors (Lipinski definition) is 3. The Hall–Kier alpha value is -3.94. The van der Waals surface area contributed by atoms with Gasteiger partial charge in [-0.1, -0.05) is 56.2 Å². The zero-order chi connectivity index (χ0) is 28.4. The minimum atomic E-state index is -4.51. The Labute approximate surface area is 230 Å². The van der Waals surface area contributed by atoms with Crippen LogP contribution in [0.2, 0.25) is 0 Å². The van der Waals surface area contributed by atoms with Crippen LogP contribution in [0.25, 0.3) is 0 Å². The Morgan fingerprint density at radius 1 is 0.925 bits per heavy atom. The number of benzene rings is 3. The van der Waals surface area contributed by atoms with Gasteiger partial charge in [-0.25, -0.2) is 4.39 Å². The number of carbonyl (C=O) groups is 2.